The Bertz CT molecular complexity index is 437. The summed E-state index contributed by atoms with van der Waals surface area (Å²) < 4.78 is 5.22. The molecule has 4 nitrogen and oxygen atoms in total. The number of carbonyl (C=O) groups is 1. The van der Waals surface area contributed by atoms with Crippen LogP contribution in [0.4, 0.5) is 0 Å². The Kier molecular flexibility index (Phi) is 3.18. The van der Waals surface area contributed by atoms with E-state index in [2.05, 4.69) is 17.1 Å². The smallest absolute Gasteiger partial charge is 0.234 e. The molecule has 2 unspecified atom stereocenters. The fraction of sp³-hybridized carbons (Fsp3) is 0.786. The van der Waals surface area contributed by atoms with Gasteiger partial charge < -0.3 is 4.52 Å². The van der Waals surface area contributed by atoms with E-state index >= 15 is 0 Å². The molecule has 0 saturated heterocycles. The third-order valence-electron chi connectivity index (χ3n) is 4.14. The molecule has 0 aromatic carbocycles. The highest BCUT2D eigenvalue weighted by molar-refractivity contribution is 5.84. The van der Waals surface area contributed by atoms with Crippen molar-refractivity contribution in [3.05, 3.63) is 11.7 Å². The van der Waals surface area contributed by atoms with E-state index in [4.69, 9.17) is 4.52 Å². The highest BCUT2D eigenvalue weighted by Gasteiger charge is 2.31. The van der Waals surface area contributed by atoms with Gasteiger partial charge in [0, 0.05) is 11.8 Å². The number of aromatic nitrogens is 2. The van der Waals surface area contributed by atoms with Gasteiger partial charge in [-0.3, -0.25) is 4.79 Å². The molecule has 1 heterocycles. The minimum Gasteiger partial charge on any atom is -0.339 e. The lowest BCUT2D eigenvalue weighted by Crippen LogP contribution is -2.13. The molecule has 2 fully saturated rings. The molecular weight excluding hydrogens is 228 g/mol. The van der Waals surface area contributed by atoms with E-state index in [0.29, 0.717) is 18.2 Å². The summed E-state index contributed by atoms with van der Waals surface area (Å²) in [5, 5.41) is 4.07. The molecule has 1 aromatic rings. The van der Waals surface area contributed by atoms with Crippen LogP contribution in [-0.4, -0.2) is 15.9 Å². The van der Waals surface area contributed by atoms with Crippen LogP contribution < -0.4 is 0 Å². The second-order valence-corrected chi connectivity index (χ2v) is 5.93. The van der Waals surface area contributed by atoms with E-state index in [1.54, 1.807) is 0 Å². The van der Waals surface area contributed by atoms with Gasteiger partial charge in [0.05, 0.1) is 6.42 Å². The standard InChI is InChI=1S/C14H20N2O2/c1-9-3-2-4-11(7-9)14-15-13(18-16-14)8-12(17)10-5-6-10/h9-11H,2-8H2,1H3. The minimum atomic E-state index is 0.266. The SMILES string of the molecule is CC1CCCC(c2noc(CC(=O)C3CC3)n2)C1. The van der Waals surface area contributed by atoms with E-state index in [9.17, 15) is 4.79 Å². The molecular formula is C14H20N2O2. The molecule has 0 aliphatic heterocycles. The van der Waals surface area contributed by atoms with Gasteiger partial charge >= 0.3 is 0 Å². The van der Waals surface area contributed by atoms with Crippen molar-refractivity contribution in [1.82, 2.24) is 10.1 Å². The molecule has 0 spiro atoms. The lowest BCUT2D eigenvalue weighted by molar-refractivity contribution is -0.119. The normalized spacial score (nSPS) is 28.3. The maximum atomic E-state index is 11.7. The number of hydrogen-bond acceptors (Lipinski definition) is 4. The predicted molar refractivity (Wildman–Crippen MR) is 66.1 cm³/mol. The molecule has 0 amide bonds. The molecule has 98 valence electrons. The molecule has 18 heavy (non-hydrogen) atoms. The zero-order valence-electron chi connectivity index (χ0n) is 10.9. The number of hydrogen-bond donors (Lipinski definition) is 0. The molecule has 2 aliphatic carbocycles. The fourth-order valence-corrected chi connectivity index (χ4v) is 2.87. The van der Waals surface area contributed by atoms with Crippen LogP contribution >= 0.6 is 0 Å². The van der Waals surface area contributed by atoms with Crippen molar-refractivity contribution in [3.8, 4) is 0 Å². The van der Waals surface area contributed by atoms with Gasteiger partial charge in [-0.2, -0.15) is 4.98 Å². The average Bonchev–Trinajstić information content (AvgIpc) is 3.10. The van der Waals surface area contributed by atoms with Gasteiger partial charge in [-0.05, 0) is 31.6 Å². The molecule has 0 radical (unpaired) electrons. The van der Waals surface area contributed by atoms with E-state index in [1.165, 1.54) is 12.8 Å². The van der Waals surface area contributed by atoms with Crippen LogP contribution in [0.15, 0.2) is 4.52 Å². The number of Topliss-reactive ketones (excluding diaryl/α,β-unsaturated/α-hetero) is 1. The Morgan fingerprint density at radius 1 is 1.33 bits per heavy atom. The van der Waals surface area contributed by atoms with Crippen molar-refractivity contribution in [2.24, 2.45) is 11.8 Å². The highest BCUT2D eigenvalue weighted by Crippen LogP contribution is 2.35. The maximum Gasteiger partial charge on any atom is 0.234 e. The summed E-state index contributed by atoms with van der Waals surface area (Å²) in [5.74, 6) is 3.05. The molecule has 1 aromatic heterocycles. The van der Waals surface area contributed by atoms with Crippen LogP contribution in [0.1, 0.15) is 63.1 Å². The third kappa shape index (κ3) is 2.62. The van der Waals surface area contributed by atoms with Crippen molar-refractivity contribution >= 4 is 5.78 Å². The third-order valence-corrected chi connectivity index (χ3v) is 4.14. The maximum absolute atomic E-state index is 11.7. The lowest BCUT2D eigenvalue weighted by atomic mass is 9.82. The van der Waals surface area contributed by atoms with Crippen LogP contribution in [0, 0.1) is 11.8 Å². The summed E-state index contributed by atoms with van der Waals surface area (Å²) in [7, 11) is 0. The molecule has 0 N–H and O–H groups in total. The van der Waals surface area contributed by atoms with Gasteiger partial charge in [0.25, 0.3) is 0 Å². The molecule has 2 saturated carbocycles. The van der Waals surface area contributed by atoms with Crippen molar-refractivity contribution in [3.63, 3.8) is 0 Å². The predicted octanol–water partition coefficient (Wildman–Crippen LogP) is 2.88. The van der Waals surface area contributed by atoms with Crippen molar-refractivity contribution in [2.75, 3.05) is 0 Å². The monoisotopic (exact) mass is 248 g/mol. The van der Waals surface area contributed by atoms with Crippen molar-refractivity contribution in [1.29, 1.82) is 0 Å². The lowest BCUT2D eigenvalue weighted by Gasteiger charge is -2.23. The van der Waals surface area contributed by atoms with E-state index in [0.717, 1.165) is 37.4 Å². The van der Waals surface area contributed by atoms with Gasteiger partial charge in [-0.1, -0.05) is 24.9 Å². The minimum absolute atomic E-state index is 0.266. The summed E-state index contributed by atoms with van der Waals surface area (Å²) in [5.41, 5.74) is 0. The fourth-order valence-electron chi connectivity index (χ4n) is 2.87. The number of rotatable bonds is 4. The Morgan fingerprint density at radius 2 is 2.17 bits per heavy atom. The molecule has 2 aliphatic rings. The Labute approximate surface area is 107 Å². The Morgan fingerprint density at radius 3 is 2.89 bits per heavy atom. The van der Waals surface area contributed by atoms with Crippen LogP contribution in [0.5, 0.6) is 0 Å². The van der Waals surface area contributed by atoms with Crippen LogP contribution in [0.3, 0.4) is 0 Å². The Balaban J connectivity index is 1.63. The summed E-state index contributed by atoms with van der Waals surface area (Å²) in [6.45, 7) is 2.28. The van der Waals surface area contributed by atoms with Gasteiger partial charge in [0.1, 0.15) is 5.78 Å². The molecule has 0 bridgehead atoms. The summed E-state index contributed by atoms with van der Waals surface area (Å²) >= 11 is 0. The van der Waals surface area contributed by atoms with Crippen LogP contribution in [-0.2, 0) is 11.2 Å². The molecule has 2 atom stereocenters. The largest absolute Gasteiger partial charge is 0.339 e. The molecule has 3 rings (SSSR count). The number of nitrogens with zero attached hydrogens (tertiary/aromatic N) is 2. The quantitative estimate of drug-likeness (QED) is 0.822. The first-order valence-electron chi connectivity index (χ1n) is 7.07. The van der Waals surface area contributed by atoms with Crippen LogP contribution in [0.2, 0.25) is 0 Å². The van der Waals surface area contributed by atoms with Crippen LogP contribution in [0.25, 0.3) is 0 Å². The van der Waals surface area contributed by atoms with E-state index < -0.39 is 0 Å². The summed E-state index contributed by atoms with van der Waals surface area (Å²) in [6, 6.07) is 0. The van der Waals surface area contributed by atoms with Crippen molar-refractivity contribution < 1.29 is 9.32 Å². The topological polar surface area (TPSA) is 56.0 Å². The Hall–Kier alpha value is -1.19. The first kappa shape index (κ1) is 11.9. The second-order valence-electron chi connectivity index (χ2n) is 5.93. The first-order valence-corrected chi connectivity index (χ1v) is 7.07. The van der Waals surface area contributed by atoms with E-state index in [1.807, 2.05) is 0 Å². The van der Waals surface area contributed by atoms with E-state index in [-0.39, 0.29) is 11.7 Å². The number of ketones is 1. The van der Waals surface area contributed by atoms with Gasteiger partial charge in [0.15, 0.2) is 5.82 Å². The second kappa shape index (κ2) is 4.82. The number of carbonyl (C=O) groups excluding carboxylic acids is 1. The zero-order valence-corrected chi connectivity index (χ0v) is 10.9. The average molecular weight is 248 g/mol. The first-order chi connectivity index (χ1) is 8.72. The van der Waals surface area contributed by atoms with Gasteiger partial charge in [-0.15, -0.1) is 0 Å². The summed E-state index contributed by atoms with van der Waals surface area (Å²) in [6.07, 6.45) is 7.27. The highest BCUT2D eigenvalue weighted by atomic mass is 16.5. The summed E-state index contributed by atoms with van der Waals surface area (Å²) in [4.78, 5) is 16.1. The van der Waals surface area contributed by atoms with Gasteiger partial charge in [0.2, 0.25) is 5.89 Å². The zero-order chi connectivity index (χ0) is 12.5. The van der Waals surface area contributed by atoms with Crippen molar-refractivity contribution in [2.45, 2.75) is 57.8 Å². The molecule has 4 heteroatoms. The van der Waals surface area contributed by atoms with Gasteiger partial charge in [-0.25, -0.2) is 0 Å².